The van der Waals surface area contributed by atoms with Crippen LogP contribution in [0.1, 0.15) is 12.0 Å². The lowest BCUT2D eigenvalue weighted by molar-refractivity contribution is 0.228. The van der Waals surface area contributed by atoms with Crippen LogP contribution >= 0.6 is 0 Å². The van der Waals surface area contributed by atoms with Crippen LogP contribution in [0.15, 0.2) is 29.2 Å². The largest absolute Gasteiger partial charge is 0.316 e. The van der Waals surface area contributed by atoms with E-state index in [1.165, 1.54) is 0 Å². The first kappa shape index (κ1) is 13.1. The van der Waals surface area contributed by atoms with Crippen LogP contribution < -0.4 is 5.32 Å². The second kappa shape index (κ2) is 4.89. The van der Waals surface area contributed by atoms with E-state index in [0.717, 1.165) is 25.1 Å². The first-order valence-corrected chi connectivity index (χ1v) is 8.29. The third kappa shape index (κ3) is 2.30. The van der Waals surface area contributed by atoms with Crippen molar-refractivity contribution < 1.29 is 8.42 Å². The maximum Gasteiger partial charge on any atom is 0.243 e. The van der Waals surface area contributed by atoms with E-state index in [2.05, 4.69) is 5.32 Å². The molecule has 0 spiro atoms. The second-order valence-electron chi connectivity index (χ2n) is 5.60. The predicted molar refractivity (Wildman–Crippen MR) is 74.4 cm³/mol. The maximum absolute atomic E-state index is 12.7. The van der Waals surface area contributed by atoms with E-state index < -0.39 is 10.0 Å². The van der Waals surface area contributed by atoms with Gasteiger partial charge in [-0.3, -0.25) is 0 Å². The molecule has 1 aromatic carbocycles. The highest BCUT2D eigenvalue weighted by atomic mass is 32.2. The fourth-order valence-electron chi connectivity index (χ4n) is 3.20. The standard InChI is InChI=1S/C14H20N2O2S/c1-11-4-2-3-5-14(11)19(17,18)16-7-6-12-8-15-9-13(12)10-16/h2-5,12-13,15H,6-10H2,1H3. The van der Waals surface area contributed by atoms with E-state index in [1.54, 1.807) is 16.4 Å². The molecule has 1 N–H and O–H groups in total. The highest BCUT2D eigenvalue weighted by molar-refractivity contribution is 7.89. The van der Waals surface area contributed by atoms with Crippen molar-refractivity contribution in [1.82, 2.24) is 9.62 Å². The minimum Gasteiger partial charge on any atom is -0.316 e. The van der Waals surface area contributed by atoms with Crippen LogP contribution in [0, 0.1) is 18.8 Å². The molecule has 2 atom stereocenters. The number of rotatable bonds is 2. The summed E-state index contributed by atoms with van der Waals surface area (Å²) in [5.41, 5.74) is 0.828. The van der Waals surface area contributed by atoms with Gasteiger partial charge in [0.05, 0.1) is 4.90 Å². The number of hydrogen-bond donors (Lipinski definition) is 1. The van der Waals surface area contributed by atoms with Crippen LogP contribution in [0.25, 0.3) is 0 Å². The van der Waals surface area contributed by atoms with Gasteiger partial charge >= 0.3 is 0 Å². The van der Waals surface area contributed by atoms with Crippen LogP contribution in [-0.4, -0.2) is 38.9 Å². The molecular weight excluding hydrogens is 260 g/mol. The normalized spacial score (nSPS) is 28.3. The predicted octanol–water partition coefficient (Wildman–Crippen LogP) is 1.23. The van der Waals surface area contributed by atoms with E-state index in [4.69, 9.17) is 0 Å². The van der Waals surface area contributed by atoms with Crippen molar-refractivity contribution in [2.75, 3.05) is 26.2 Å². The molecular formula is C14H20N2O2S. The third-order valence-electron chi connectivity index (χ3n) is 4.38. The van der Waals surface area contributed by atoms with Crippen LogP contribution in [0.4, 0.5) is 0 Å². The monoisotopic (exact) mass is 280 g/mol. The summed E-state index contributed by atoms with van der Waals surface area (Å²) < 4.78 is 27.1. The summed E-state index contributed by atoms with van der Waals surface area (Å²) in [4.78, 5) is 0.458. The number of fused-ring (bicyclic) bond motifs is 1. The van der Waals surface area contributed by atoms with Gasteiger partial charge in [-0.1, -0.05) is 18.2 Å². The molecule has 2 aliphatic heterocycles. The van der Waals surface area contributed by atoms with Gasteiger partial charge < -0.3 is 5.32 Å². The molecule has 0 aliphatic carbocycles. The molecule has 2 aliphatic rings. The maximum atomic E-state index is 12.7. The Morgan fingerprint density at radius 3 is 2.74 bits per heavy atom. The number of piperidine rings is 1. The van der Waals surface area contributed by atoms with E-state index in [1.807, 2.05) is 19.1 Å². The molecule has 5 heteroatoms. The van der Waals surface area contributed by atoms with Gasteiger partial charge in [0.15, 0.2) is 0 Å². The van der Waals surface area contributed by atoms with Gasteiger partial charge in [0.1, 0.15) is 0 Å². The summed E-state index contributed by atoms with van der Waals surface area (Å²) in [7, 11) is -3.33. The average molecular weight is 280 g/mol. The molecule has 0 saturated carbocycles. The Labute approximate surface area is 114 Å². The molecule has 0 aromatic heterocycles. The van der Waals surface area contributed by atoms with Crippen molar-refractivity contribution in [2.45, 2.75) is 18.2 Å². The van der Waals surface area contributed by atoms with Crippen LogP contribution in [0.2, 0.25) is 0 Å². The van der Waals surface area contributed by atoms with Gasteiger partial charge in [-0.25, -0.2) is 8.42 Å². The summed E-state index contributed by atoms with van der Waals surface area (Å²) in [6.07, 6.45) is 0.975. The fourth-order valence-corrected chi connectivity index (χ4v) is 4.94. The van der Waals surface area contributed by atoms with Crippen molar-refractivity contribution in [3.8, 4) is 0 Å². The van der Waals surface area contributed by atoms with E-state index >= 15 is 0 Å². The van der Waals surface area contributed by atoms with Gasteiger partial charge in [0.2, 0.25) is 10.0 Å². The average Bonchev–Trinajstić information content (AvgIpc) is 2.86. The van der Waals surface area contributed by atoms with Gasteiger partial charge in [-0.2, -0.15) is 4.31 Å². The van der Waals surface area contributed by atoms with Crippen molar-refractivity contribution >= 4 is 10.0 Å². The number of aryl methyl sites for hydroxylation is 1. The highest BCUT2D eigenvalue weighted by Gasteiger charge is 2.37. The quantitative estimate of drug-likeness (QED) is 0.886. The molecule has 2 fully saturated rings. The molecule has 104 valence electrons. The van der Waals surface area contributed by atoms with Crippen molar-refractivity contribution in [3.05, 3.63) is 29.8 Å². The fraction of sp³-hybridized carbons (Fsp3) is 0.571. The smallest absolute Gasteiger partial charge is 0.243 e. The zero-order valence-corrected chi connectivity index (χ0v) is 12.0. The Morgan fingerprint density at radius 1 is 1.21 bits per heavy atom. The SMILES string of the molecule is Cc1ccccc1S(=O)(=O)N1CCC2CNCC2C1. The molecule has 0 amide bonds. The Morgan fingerprint density at radius 2 is 1.95 bits per heavy atom. The van der Waals surface area contributed by atoms with Crippen LogP contribution in [0.3, 0.4) is 0 Å². The molecule has 3 rings (SSSR count). The lowest BCUT2D eigenvalue weighted by atomic mass is 9.90. The van der Waals surface area contributed by atoms with Crippen LogP contribution in [0.5, 0.6) is 0 Å². The summed E-state index contributed by atoms with van der Waals surface area (Å²) in [6, 6.07) is 7.24. The Hall–Kier alpha value is -0.910. The molecule has 2 unspecified atom stereocenters. The minimum atomic E-state index is -3.33. The number of nitrogens with zero attached hydrogens (tertiary/aromatic N) is 1. The number of benzene rings is 1. The third-order valence-corrected chi connectivity index (χ3v) is 6.40. The lowest BCUT2D eigenvalue weighted by Crippen LogP contribution is -2.43. The van der Waals surface area contributed by atoms with E-state index in [9.17, 15) is 8.42 Å². The number of sulfonamides is 1. The van der Waals surface area contributed by atoms with Crippen LogP contribution in [-0.2, 0) is 10.0 Å². The Balaban J connectivity index is 1.87. The van der Waals surface area contributed by atoms with E-state index in [-0.39, 0.29) is 0 Å². The molecule has 0 radical (unpaired) electrons. The summed E-state index contributed by atoms with van der Waals surface area (Å²) in [6.45, 7) is 5.16. The zero-order chi connectivity index (χ0) is 13.5. The number of hydrogen-bond acceptors (Lipinski definition) is 3. The number of nitrogens with one attached hydrogen (secondary N) is 1. The highest BCUT2D eigenvalue weighted by Crippen LogP contribution is 2.30. The summed E-state index contributed by atoms with van der Waals surface area (Å²) in [5, 5.41) is 3.37. The Kier molecular flexibility index (Phi) is 3.37. The zero-order valence-electron chi connectivity index (χ0n) is 11.2. The van der Waals surface area contributed by atoms with Crippen molar-refractivity contribution in [3.63, 3.8) is 0 Å². The summed E-state index contributed by atoms with van der Waals surface area (Å²) in [5.74, 6) is 1.14. The topological polar surface area (TPSA) is 49.4 Å². The molecule has 4 nitrogen and oxygen atoms in total. The molecule has 19 heavy (non-hydrogen) atoms. The molecule has 2 saturated heterocycles. The van der Waals surface area contributed by atoms with Crippen molar-refractivity contribution in [1.29, 1.82) is 0 Å². The first-order chi connectivity index (χ1) is 9.09. The molecule has 0 bridgehead atoms. The summed E-state index contributed by atoms with van der Waals surface area (Å²) >= 11 is 0. The first-order valence-electron chi connectivity index (χ1n) is 6.85. The molecule has 1 aromatic rings. The van der Waals surface area contributed by atoms with Crippen molar-refractivity contribution in [2.24, 2.45) is 11.8 Å². The van der Waals surface area contributed by atoms with E-state index in [0.29, 0.717) is 29.8 Å². The second-order valence-corrected chi connectivity index (χ2v) is 7.50. The van der Waals surface area contributed by atoms with Gasteiger partial charge in [-0.15, -0.1) is 0 Å². The van der Waals surface area contributed by atoms with Gasteiger partial charge in [0.25, 0.3) is 0 Å². The van der Waals surface area contributed by atoms with Gasteiger partial charge in [-0.05, 0) is 49.9 Å². The lowest BCUT2D eigenvalue weighted by Gasteiger charge is -2.33. The Bertz CT molecular complexity index is 571. The van der Waals surface area contributed by atoms with Gasteiger partial charge in [0, 0.05) is 13.1 Å². The molecule has 2 heterocycles. The minimum absolute atomic E-state index is 0.458.